The average Bonchev–Trinajstić information content (AvgIpc) is 2.96. The first-order valence-corrected chi connectivity index (χ1v) is 7.55. The topological polar surface area (TPSA) is 88.0 Å². The predicted octanol–water partition coefficient (Wildman–Crippen LogP) is 2.27. The second-order valence-electron chi connectivity index (χ2n) is 5.65. The molecule has 0 spiro atoms. The Labute approximate surface area is 141 Å². The van der Waals surface area contributed by atoms with Crippen molar-refractivity contribution < 1.29 is 18.4 Å². The number of carbonyl (C=O) groups excluding carboxylic acids is 2. The van der Waals surface area contributed by atoms with Gasteiger partial charge >= 0.3 is 0 Å². The van der Waals surface area contributed by atoms with E-state index in [1.165, 1.54) is 0 Å². The third kappa shape index (κ3) is 3.65. The molecular weight excluding hydrogens is 328 g/mol. The average molecular weight is 343 g/mol. The molecule has 0 aliphatic rings. The zero-order valence-corrected chi connectivity index (χ0v) is 13.1. The summed E-state index contributed by atoms with van der Waals surface area (Å²) < 4.78 is 26.5. The summed E-state index contributed by atoms with van der Waals surface area (Å²) in [5.74, 6) is -3.27. The third-order valence-corrected chi connectivity index (χ3v) is 3.87. The van der Waals surface area contributed by atoms with Gasteiger partial charge in [-0.3, -0.25) is 9.59 Å². The number of para-hydroxylation sites is 1. The minimum absolute atomic E-state index is 0.156. The summed E-state index contributed by atoms with van der Waals surface area (Å²) in [5, 5.41) is 3.33. The molecule has 7 heteroatoms. The Morgan fingerprint density at radius 2 is 1.80 bits per heavy atom. The monoisotopic (exact) mass is 343 g/mol. The lowest BCUT2D eigenvalue weighted by Gasteiger charge is -2.15. The number of fused-ring (bicyclic) bond motifs is 1. The van der Waals surface area contributed by atoms with Crippen LogP contribution in [0.4, 0.5) is 8.78 Å². The number of hydrogen-bond acceptors (Lipinski definition) is 2. The fourth-order valence-electron chi connectivity index (χ4n) is 2.67. The Balaban J connectivity index is 1.82. The molecule has 0 fully saturated rings. The lowest BCUT2D eigenvalue weighted by Crippen LogP contribution is -2.45. The molecule has 1 aromatic heterocycles. The number of benzene rings is 2. The number of halogens is 2. The van der Waals surface area contributed by atoms with E-state index in [1.54, 1.807) is 6.20 Å². The molecule has 2 aromatic carbocycles. The molecule has 25 heavy (non-hydrogen) atoms. The SMILES string of the molecule is NC(=O)[C@H](Cc1c[nH]c2ccccc12)NC(=O)c1cc(F)cc(F)c1. The number of primary amides is 1. The fraction of sp³-hybridized carbons (Fsp3) is 0.111. The smallest absolute Gasteiger partial charge is 0.252 e. The largest absolute Gasteiger partial charge is 0.368 e. The van der Waals surface area contributed by atoms with Gasteiger partial charge in [-0.05, 0) is 23.8 Å². The molecule has 0 aliphatic heterocycles. The van der Waals surface area contributed by atoms with Crippen LogP contribution in [0.3, 0.4) is 0 Å². The van der Waals surface area contributed by atoms with Gasteiger partial charge in [-0.15, -0.1) is 0 Å². The number of H-pyrrole nitrogens is 1. The Bertz CT molecular complexity index is 932. The van der Waals surface area contributed by atoms with Gasteiger partial charge in [0.2, 0.25) is 5.91 Å². The second-order valence-corrected chi connectivity index (χ2v) is 5.65. The van der Waals surface area contributed by atoms with Crippen molar-refractivity contribution in [1.82, 2.24) is 10.3 Å². The van der Waals surface area contributed by atoms with Crippen molar-refractivity contribution in [2.24, 2.45) is 5.73 Å². The highest BCUT2D eigenvalue weighted by Gasteiger charge is 2.21. The highest BCUT2D eigenvalue weighted by Crippen LogP contribution is 2.19. The van der Waals surface area contributed by atoms with Gasteiger partial charge in [-0.2, -0.15) is 0 Å². The van der Waals surface area contributed by atoms with Crippen molar-refractivity contribution in [3.63, 3.8) is 0 Å². The molecule has 1 heterocycles. The first kappa shape index (κ1) is 16.6. The van der Waals surface area contributed by atoms with Gasteiger partial charge in [-0.1, -0.05) is 18.2 Å². The van der Waals surface area contributed by atoms with E-state index in [-0.39, 0.29) is 12.0 Å². The van der Waals surface area contributed by atoms with E-state index in [9.17, 15) is 18.4 Å². The zero-order valence-electron chi connectivity index (χ0n) is 13.1. The molecule has 3 aromatic rings. The van der Waals surface area contributed by atoms with Crippen LogP contribution < -0.4 is 11.1 Å². The molecule has 1 atom stereocenters. The van der Waals surface area contributed by atoms with Crippen molar-refractivity contribution >= 4 is 22.7 Å². The van der Waals surface area contributed by atoms with Gasteiger partial charge < -0.3 is 16.0 Å². The summed E-state index contributed by atoms with van der Waals surface area (Å²) in [6.45, 7) is 0. The van der Waals surface area contributed by atoms with Crippen LogP contribution in [-0.2, 0) is 11.2 Å². The number of amides is 2. The van der Waals surface area contributed by atoms with Crippen LogP contribution in [0.25, 0.3) is 10.9 Å². The third-order valence-electron chi connectivity index (χ3n) is 3.87. The summed E-state index contributed by atoms with van der Waals surface area (Å²) in [5.41, 5.74) is 6.84. The predicted molar refractivity (Wildman–Crippen MR) is 88.8 cm³/mol. The van der Waals surface area contributed by atoms with Gasteiger partial charge in [-0.25, -0.2) is 8.78 Å². The Morgan fingerprint density at radius 3 is 2.48 bits per heavy atom. The van der Waals surface area contributed by atoms with Crippen LogP contribution in [0.5, 0.6) is 0 Å². The van der Waals surface area contributed by atoms with Gasteiger partial charge in [0, 0.05) is 35.2 Å². The molecule has 0 unspecified atom stereocenters. The van der Waals surface area contributed by atoms with Gasteiger partial charge in [0.15, 0.2) is 0 Å². The lowest BCUT2D eigenvalue weighted by molar-refractivity contribution is -0.119. The summed E-state index contributed by atoms with van der Waals surface area (Å²) in [4.78, 5) is 27.0. The minimum Gasteiger partial charge on any atom is -0.368 e. The molecular formula is C18H15F2N3O2. The summed E-state index contributed by atoms with van der Waals surface area (Å²) >= 11 is 0. The zero-order chi connectivity index (χ0) is 18.0. The van der Waals surface area contributed by atoms with Gasteiger partial charge in [0.05, 0.1) is 0 Å². The number of rotatable bonds is 5. The van der Waals surface area contributed by atoms with Crippen LogP contribution in [0.15, 0.2) is 48.7 Å². The van der Waals surface area contributed by atoms with Crippen molar-refractivity contribution in [3.05, 3.63) is 71.4 Å². The van der Waals surface area contributed by atoms with Crippen LogP contribution in [0, 0.1) is 11.6 Å². The number of aromatic amines is 1. The summed E-state index contributed by atoms with van der Waals surface area (Å²) in [6.07, 6.45) is 1.89. The first-order valence-electron chi connectivity index (χ1n) is 7.55. The van der Waals surface area contributed by atoms with E-state index in [0.29, 0.717) is 6.07 Å². The van der Waals surface area contributed by atoms with Crippen LogP contribution in [-0.4, -0.2) is 22.8 Å². The summed E-state index contributed by atoms with van der Waals surface area (Å²) in [6, 6.07) is 8.91. The van der Waals surface area contributed by atoms with Crippen LogP contribution in [0.1, 0.15) is 15.9 Å². The molecule has 3 rings (SSSR count). The Hall–Kier alpha value is -3.22. The van der Waals surface area contributed by atoms with Gasteiger partial charge in [0.25, 0.3) is 5.91 Å². The first-order chi connectivity index (χ1) is 11.9. The van der Waals surface area contributed by atoms with E-state index in [4.69, 9.17) is 5.73 Å². The standard InChI is InChI=1S/C18H15F2N3O2/c19-12-5-10(6-13(20)8-12)18(25)23-16(17(21)24)7-11-9-22-15-4-2-1-3-14(11)15/h1-6,8-9,16,22H,7H2,(H2,21,24)(H,23,25)/t16-/m0/s1. The van der Waals surface area contributed by atoms with E-state index >= 15 is 0 Å². The maximum absolute atomic E-state index is 13.2. The van der Waals surface area contributed by atoms with Crippen LogP contribution >= 0.6 is 0 Å². The van der Waals surface area contributed by atoms with Crippen LogP contribution in [0.2, 0.25) is 0 Å². The fourth-order valence-corrected chi connectivity index (χ4v) is 2.67. The molecule has 0 saturated heterocycles. The van der Waals surface area contributed by atoms with E-state index in [1.807, 2.05) is 24.3 Å². The summed E-state index contributed by atoms with van der Waals surface area (Å²) in [7, 11) is 0. The maximum Gasteiger partial charge on any atom is 0.252 e. The number of nitrogens with one attached hydrogen (secondary N) is 2. The number of hydrogen-bond donors (Lipinski definition) is 3. The Kier molecular flexibility index (Phi) is 4.47. The molecule has 0 saturated carbocycles. The molecule has 128 valence electrons. The lowest BCUT2D eigenvalue weighted by atomic mass is 10.0. The number of carbonyl (C=O) groups is 2. The second kappa shape index (κ2) is 6.72. The van der Waals surface area contributed by atoms with Crippen molar-refractivity contribution in [3.8, 4) is 0 Å². The van der Waals surface area contributed by atoms with Crippen molar-refractivity contribution in [2.75, 3.05) is 0 Å². The van der Waals surface area contributed by atoms with E-state index in [2.05, 4.69) is 10.3 Å². The molecule has 5 nitrogen and oxygen atoms in total. The van der Waals surface area contributed by atoms with E-state index in [0.717, 1.165) is 28.6 Å². The molecule has 0 radical (unpaired) electrons. The minimum atomic E-state index is -1.02. The highest BCUT2D eigenvalue weighted by atomic mass is 19.1. The molecule has 0 bridgehead atoms. The Morgan fingerprint density at radius 1 is 1.12 bits per heavy atom. The molecule has 4 N–H and O–H groups in total. The van der Waals surface area contributed by atoms with Crippen molar-refractivity contribution in [1.29, 1.82) is 0 Å². The highest BCUT2D eigenvalue weighted by molar-refractivity contribution is 5.97. The van der Waals surface area contributed by atoms with Gasteiger partial charge in [0.1, 0.15) is 17.7 Å². The van der Waals surface area contributed by atoms with E-state index < -0.39 is 29.5 Å². The molecule has 2 amide bonds. The maximum atomic E-state index is 13.2. The molecule has 0 aliphatic carbocycles. The quantitative estimate of drug-likeness (QED) is 0.664. The number of nitrogens with two attached hydrogens (primary N) is 1. The normalized spacial score (nSPS) is 12.1. The van der Waals surface area contributed by atoms with Crippen molar-refractivity contribution in [2.45, 2.75) is 12.5 Å². The number of aromatic nitrogens is 1.